The molecule has 0 atom stereocenters. The van der Waals surface area contributed by atoms with E-state index < -0.39 is 34.8 Å². The molecule has 0 aromatic heterocycles. The molecule has 0 spiro atoms. The topological polar surface area (TPSA) is 40.1 Å². The van der Waals surface area contributed by atoms with Gasteiger partial charge in [-0.15, -0.1) is 11.8 Å². The van der Waals surface area contributed by atoms with E-state index in [0.29, 0.717) is 10.5 Å². The second-order valence-electron chi connectivity index (χ2n) is 4.39. The maximum Gasteiger partial charge on any atom is 0.166 e. The molecule has 0 fully saturated rings. The Balaban J connectivity index is 2.26. The molecule has 2 aromatic rings. The van der Waals surface area contributed by atoms with Gasteiger partial charge in [0.1, 0.15) is 0 Å². The van der Waals surface area contributed by atoms with Gasteiger partial charge in [-0.3, -0.25) is 0 Å². The number of halogens is 4. The number of benzene rings is 2. The number of carbonyl (C=O) groups excluding carboxylic acids is 1. The molecule has 2 rings (SSSR count). The lowest BCUT2D eigenvalue weighted by Gasteiger charge is -2.11. The standard InChI is InChI=1S/C15H10F4O2S/c16-10-6-11(17)15(19)9(14(10)18)7-22-12-4-2-1-3-8(12)5-13(20)21/h1-4,6H,5,7H2,(H,20,21)/p-1. The number of hydrogen-bond donors (Lipinski definition) is 0. The lowest BCUT2D eigenvalue weighted by atomic mass is 10.1. The summed E-state index contributed by atoms with van der Waals surface area (Å²) in [6, 6.07) is 6.43. The van der Waals surface area contributed by atoms with Crippen molar-refractivity contribution in [3.63, 3.8) is 0 Å². The van der Waals surface area contributed by atoms with Crippen molar-refractivity contribution >= 4 is 17.7 Å². The first-order valence-corrected chi connectivity index (χ1v) is 7.11. The highest BCUT2D eigenvalue weighted by Gasteiger charge is 2.19. The van der Waals surface area contributed by atoms with Crippen LogP contribution < -0.4 is 5.11 Å². The van der Waals surface area contributed by atoms with Crippen LogP contribution in [-0.4, -0.2) is 5.97 Å². The van der Waals surface area contributed by atoms with Crippen molar-refractivity contribution in [1.82, 2.24) is 0 Å². The van der Waals surface area contributed by atoms with Crippen LogP contribution in [0.1, 0.15) is 11.1 Å². The van der Waals surface area contributed by atoms with Crippen molar-refractivity contribution in [2.75, 3.05) is 0 Å². The summed E-state index contributed by atoms with van der Waals surface area (Å²) in [5.41, 5.74) is -0.337. The fourth-order valence-corrected chi connectivity index (χ4v) is 2.90. The Morgan fingerprint density at radius 2 is 1.64 bits per heavy atom. The van der Waals surface area contributed by atoms with Crippen molar-refractivity contribution in [1.29, 1.82) is 0 Å². The zero-order chi connectivity index (χ0) is 16.3. The number of rotatable bonds is 5. The number of hydrogen-bond acceptors (Lipinski definition) is 3. The lowest BCUT2D eigenvalue weighted by Crippen LogP contribution is -2.24. The predicted molar refractivity (Wildman–Crippen MR) is 71.0 cm³/mol. The zero-order valence-electron chi connectivity index (χ0n) is 11.0. The van der Waals surface area contributed by atoms with Crippen molar-refractivity contribution in [3.8, 4) is 0 Å². The molecule has 0 bridgehead atoms. The van der Waals surface area contributed by atoms with Crippen molar-refractivity contribution in [2.24, 2.45) is 0 Å². The summed E-state index contributed by atoms with van der Waals surface area (Å²) >= 11 is 0.883. The molecule has 2 nitrogen and oxygen atoms in total. The predicted octanol–water partition coefficient (Wildman–Crippen LogP) is 2.83. The number of aliphatic carboxylic acids is 1. The first kappa shape index (κ1) is 16.4. The van der Waals surface area contributed by atoms with Gasteiger partial charge < -0.3 is 9.90 Å². The summed E-state index contributed by atoms with van der Waals surface area (Å²) in [7, 11) is 0. The summed E-state index contributed by atoms with van der Waals surface area (Å²) in [5.74, 6) is -7.54. The van der Waals surface area contributed by atoms with E-state index in [1.54, 1.807) is 18.2 Å². The molecule has 0 aliphatic heterocycles. The SMILES string of the molecule is O=C([O-])Cc1ccccc1SCc1c(F)c(F)cc(F)c1F. The lowest BCUT2D eigenvalue weighted by molar-refractivity contribution is -0.304. The van der Waals surface area contributed by atoms with Gasteiger partial charge in [0.05, 0.1) is 0 Å². The van der Waals surface area contributed by atoms with Crippen molar-refractivity contribution in [3.05, 3.63) is 64.7 Å². The van der Waals surface area contributed by atoms with Gasteiger partial charge in [-0.05, 0) is 11.6 Å². The number of thioether (sulfide) groups is 1. The Morgan fingerprint density at radius 3 is 2.23 bits per heavy atom. The van der Waals surface area contributed by atoms with Gasteiger partial charge in [-0.25, -0.2) is 17.6 Å². The van der Waals surface area contributed by atoms with Crippen LogP contribution in [0.5, 0.6) is 0 Å². The van der Waals surface area contributed by atoms with Crippen LogP contribution in [0.25, 0.3) is 0 Å². The monoisotopic (exact) mass is 329 g/mol. The maximum atomic E-state index is 13.6. The van der Waals surface area contributed by atoms with Crippen LogP contribution in [0, 0.1) is 23.3 Å². The quantitative estimate of drug-likeness (QED) is 0.481. The highest BCUT2D eigenvalue weighted by molar-refractivity contribution is 7.98. The fraction of sp³-hybridized carbons (Fsp3) is 0.133. The van der Waals surface area contributed by atoms with E-state index in [-0.39, 0.29) is 18.2 Å². The molecule has 7 heteroatoms. The molecule has 116 valence electrons. The van der Waals surface area contributed by atoms with Crippen LogP contribution in [0.15, 0.2) is 35.2 Å². The first-order valence-electron chi connectivity index (χ1n) is 6.12. The van der Waals surface area contributed by atoms with Crippen LogP contribution in [0.2, 0.25) is 0 Å². The van der Waals surface area contributed by atoms with Crippen molar-refractivity contribution < 1.29 is 27.5 Å². The minimum Gasteiger partial charge on any atom is -0.550 e. The second kappa shape index (κ2) is 6.83. The Hall–Kier alpha value is -2.02. The molecule has 0 N–H and O–H groups in total. The Bertz CT molecular complexity index is 693. The largest absolute Gasteiger partial charge is 0.550 e. The van der Waals surface area contributed by atoms with Gasteiger partial charge in [0.25, 0.3) is 0 Å². The van der Waals surface area contributed by atoms with E-state index in [4.69, 9.17) is 0 Å². The van der Waals surface area contributed by atoms with Gasteiger partial charge in [0.2, 0.25) is 0 Å². The Kier molecular flexibility index (Phi) is 5.07. The summed E-state index contributed by atoms with van der Waals surface area (Å²) in [4.78, 5) is 11.1. The molecule has 0 saturated carbocycles. The van der Waals surface area contributed by atoms with Gasteiger partial charge in [-0.1, -0.05) is 18.2 Å². The highest BCUT2D eigenvalue weighted by Crippen LogP contribution is 2.30. The van der Waals surface area contributed by atoms with Crippen LogP contribution in [-0.2, 0) is 17.0 Å². The van der Waals surface area contributed by atoms with Crippen LogP contribution in [0.4, 0.5) is 17.6 Å². The first-order chi connectivity index (χ1) is 10.4. The molecule has 0 aliphatic rings. The summed E-state index contributed by atoms with van der Waals surface area (Å²) in [6.45, 7) is 0. The van der Waals surface area contributed by atoms with E-state index in [1.807, 2.05) is 0 Å². The second-order valence-corrected chi connectivity index (χ2v) is 5.41. The minimum atomic E-state index is -1.47. The molecule has 0 unspecified atom stereocenters. The third kappa shape index (κ3) is 3.59. The Labute approximate surface area is 127 Å². The maximum absolute atomic E-state index is 13.6. The molecule has 0 heterocycles. The smallest absolute Gasteiger partial charge is 0.166 e. The van der Waals surface area contributed by atoms with Gasteiger partial charge in [0.15, 0.2) is 23.3 Å². The third-order valence-corrected chi connectivity index (χ3v) is 4.02. The van der Waals surface area contributed by atoms with E-state index in [9.17, 15) is 27.5 Å². The summed E-state index contributed by atoms with van der Waals surface area (Å²) in [6.07, 6.45) is -0.369. The van der Waals surface area contributed by atoms with Crippen LogP contribution in [0.3, 0.4) is 0 Å². The average molecular weight is 329 g/mol. The number of carboxylic acid groups (broad SMARTS) is 1. The zero-order valence-corrected chi connectivity index (χ0v) is 11.9. The number of carboxylic acids is 1. The van der Waals surface area contributed by atoms with E-state index in [1.165, 1.54) is 6.07 Å². The van der Waals surface area contributed by atoms with E-state index >= 15 is 0 Å². The summed E-state index contributed by atoms with van der Waals surface area (Å²) < 4.78 is 53.4. The van der Waals surface area contributed by atoms with E-state index in [2.05, 4.69) is 0 Å². The molecular weight excluding hydrogens is 320 g/mol. The normalized spacial score (nSPS) is 10.7. The third-order valence-electron chi connectivity index (χ3n) is 2.88. The highest BCUT2D eigenvalue weighted by atomic mass is 32.2. The van der Waals surface area contributed by atoms with Gasteiger partial charge in [0, 0.05) is 34.7 Å². The molecule has 0 radical (unpaired) electrons. The fourth-order valence-electron chi connectivity index (χ4n) is 1.85. The van der Waals surface area contributed by atoms with Crippen LogP contribution >= 0.6 is 11.8 Å². The Morgan fingerprint density at radius 1 is 1.05 bits per heavy atom. The van der Waals surface area contributed by atoms with Gasteiger partial charge >= 0.3 is 0 Å². The molecule has 0 aliphatic carbocycles. The molecular formula is C15H9F4O2S-. The molecule has 0 amide bonds. The minimum absolute atomic E-state index is 0.142. The van der Waals surface area contributed by atoms with Crippen molar-refractivity contribution in [2.45, 2.75) is 17.1 Å². The van der Waals surface area contributed by atoms with Gasteiger partial charge in [-0.2, -0.15) is 0 Å². The average Bonchev–Trinajstić information content (AvgIpc) is 2.46. The van der Waals surface area contributed by atoms with E-state index in [0.717, 1.165) is 11.8 Å². The number of carbonyl (C=O) groups is 1. The molecule has 22 heavy (non-hydrogen) atoms. The molecule has 2 aromatic carbocycles. The molecule has 0 saturated heterocycles. The summed E-state index contributed by atoms with van der Waals surface area (Å²) in [5, 5.41) is 10.7.